The Labute approximate surface area is 121 Å². The molecule has 0 unspecified atom stereocenters. The van der Waals surface area contributed by atoms with E-state index in [1.807, 2.05) is 4.90 Å². The number of nitrogens with zero attached hydrogens (tertiary/aromatic N) is 2. The second-order valence-corrected chi connectivity index (χ2v) is 5.59. The van der Waals surface area contributed by atoms with Crippen LogP contribution in [0, 0.1) is 0 Å². The van der Waals surface area contributed by atoms with Crippen molar-refractivity contribution in [1.29, 1.82) is 0 Å². The highest BCUT2D eigenvalue weighted by molar-refractivity contribution is 7.80. The predicted octanol–water partition coefficient (Wildman–Crippen LogP) is 0.415. The van der Waals surface area contributed by atoms with Gasteiger partial charge in [-0.3, -0.25) is 4.79 Å². The highest BCUT2D eigenvalue weighted by atomic mass is 32.1. The summed E-state index contributed by atoms with van der Waals surface area (Å²) in [5.74, 6) is 0.296. The van der Waals surface area contributed by atoms with Crippen LogP contribution in [0.4, 0.5) is 0 Å². The maximum Gasteiger partial charge on any atom is 0.222 e. The minimum absolute atomic E-state index is 0.296. The zero-order valence-corrected chi connectivity index (χ0v) is 12.9. The Morgan fingerprint density at radius 1 is 1.32 bits per heavy atom. The van der Waals surface area contributed by atoms with E-state index in [2.05, 4.69) is 29.6 Å². The Kier molecular flexibility index (Phi) is 7.74. The molecule has 1 amide bonds. The molecule has 1 aliphatic rings. The molecule has 6 heteroatoms. The average molecular weight is 286 g/mol. The van der Waals surface area contributed by atoms with Crippen molar-refractivity contribution in [2.45, 2.75) is 25.7 Å². The van der Waals surface area contributed by atoms with E-state index < -0.39 is 0 Å². The summed E-state index contributed by atoms with van der Waals surface area (Å²) in [5.41, 5.74) is 0. The number of nitrogens with one attached hydrogen (secondary N) is 2. The van der Waals surface area contributed by atoms with Crippen LogP contribution >= 0.6 is 12.2 Å². The Hall–Kier alpha value is -0.880. The largest absolute Gasteiger partial charge is 0.363 e. The van der Waals surface area contributed by atoms with Crippen LogP contribution in [0.1, 0.15) is 25.7 Å². The van der Waals surface area contributed by atoms with Gasteiger partial charge < -0.3 is 20.4 Å². The molecule has 0 radical (unpaired) electrons. The maximum absolute atomic E-state index is 11.4. The van der Waals surface area contributed by atoms with E-state index in [0.29, 0.717) is 11.0 Å². The molecule has 0 aromatic rings. The average Bonchev–Trinajstić information content (AvgIpc) is 2.76. The lowest BCUT2D eigenvalue weighted by molar-refractivity contribution is -0.127. The fraction of sp³-hybridized carbons (Fsp3) is 0.846. The Morgan fingerprint density at radius 2 is 2.00 bits per heavy atom. The lowest BCUT2D eigenvalue weighted by Gasteiger charge is -2.16. The van der Waals surface area contributed by atoms with Gasteiger partial charge in [-0.1, -0.05) is 0 Å². The van der Waals surface area contributed by atoms with Gasteiger partial charge in [0.25, 0.3) is 0 Å². The van der Waals surface area contributed by atoms with E-state index in [9.17, 15) is 4.79 Å². The van der Waals surface area contributed by atoms with E-state index >= 15 is 0 Å². The van der Waals surface area contributed by atoms with E-state index in [1.54, 1.807) is 0 Å². The van der Waals surface area contributed by atoms with Crippen LogP contribution in [0.3, 0.4) is 0 Å². The van der Waals surface area contributed by atoms with Crippen LogP contribution < -0.4 is 10.6 Å². The van der Waals surface area contributed by atoms with Crippen LogP contribution in [0.2, 0.25) is 0 Å². The van der Waals surface area contributed by atoms with E-state index in [0.717, 1.165) is 58.4 Å². The van der Waals surface area contributed by atoms with Crippen molar-refractivity contribution >= 4 is 23.2 Å². The van der Waals surface area contributed by atoms with Gasteiger partial charge in [-0.25, -0.2) is 0 Å². The third-order valence-corrected chi connectivity index (χ3v) is 3.42. The summed E-state index contributed by atoms with van der Waals surface area (Å²) in [6, 6.07) is 0. The highest BCUT2D eigenvalue weighted by Gasteiger charge is 2.18. The molecule has 0 aromatic heterocycles. The summed E-state index contributed by atoms with van der Waals surface area (Å²) >= 11 is 5.19. The number of likely N-dealkylation sites (tertiary alicyclic amines) is 1. The first kappa shape index (κ1) is 16.2. The van der Waals surface area contributed by atoms with Crippen molar-refractivity contribution in [2.24, 2.45) is 0 Å². The van der Waals surface area contributed by atoms with Crippen molar-refractivity contribution < 1.29 is 4.79 Å². The first-order chi connectivity index (χ1) is 9.09. The first-order valence-corrected chi connectivity index (χ1v) is 7.44. The maximum atomic E-state index is 11.4. The van der Waals surface area contributed by atoms with Gasteiger partial charge in [-0.05, 0) is 52.1 Å². The van der Waals surface area contributed by atoms with Gasteiger partial charge in [0.2, 0.25) is 5.91 Å². The standard InChI is InChI=1S/C13H26N4OS/c1-16(2)9-4-7-14-13(19)15-8-5-11-17-10-3-6-12(17)18/h3-11H2,1-2H3,(H2,14,15,19). The minimum atomic E-state index is 0.296. The van der Waals surface area contributed by atoms with E-state index in [-0.39, 0.29) is 0 Å². The van der Waals surface area contributed by atoms with Crippen molar-refractivity contribution in [1.82, 2.24) is 20.4 Å². The molecule has 0 atom stereocenters. The van der Waals surface area contributed by atoms with Crippen molar-refractivity contribution in [3.63, 3.8) is 0 Å². The number of rotatable bonds is 8. The molecule has 1 saturated heterocycles. The SMILES string of the molecule is CN(C)CCCNC(=S)NCCCN1CCCC1=O. The summed E-state index contributed by atoms with van der Waals surface area (Å²) in [5, 5.41) is 7.08. The van der Waals surface area contributed by atoms with Crippen LogP contribution in [-0.4, -0.2) is 67.6 Å². The van der Waals surface area contributed by atoms with Crippen molar-refractivity contribution in [3.05, 3.63) is 0 Å². The lowest BCUT2D eigenvalue weighted by Crippen LogP contribution is -2.38. The van der Waals surface area contributed by atoms with Crippen molar-refractivity contribution in [3.8, 4) is 0 Å². The quantitative estimate of drug-likeness (QED) is 0.500. The van der Waals surface area contributed by atoms with Crippen LogP contribution in [-0.2, 0) is 4.79 Å². The molecular formula is C13H26N4OS. The summed E-state index contributed by atoms with van der Waals surface area (Å²) in [6.45, 7) is 4.55. The molecule has 2 N–H and O–H groups in total. The third-order valence-electron chi connectivity index (χ3n) is 3.13. The van der Waals surface area contributed by atoms with Gasteiger partial charge in [0.1, 0.15) is 0 Å². The van der Waals surface area contributed by atoms with Crippen LogP contribution in [0.5, 0.6) is 0 Å². The number of amides is 1. The molecular weight excluding hydrogens is 260 g/mol. The second-order valence-electron chi connectivity index (χ2n) is 5.18. The Balaban J connectivity index is 1.94. The number of hydrogen-bond acceptors (Lipinski definition) is 3. The Bertz CT molecular complexity index is 296. The predicted molar refractivity (Wildman–Crippen MR) is 82.2 cm³/mol. The fourth-order valence-electron chi connectivity index (χ4n) is 2.07. The van der Waals surface area contributed by atoms with Gasteiger partial charge in [-0.2, -0.15) is 0 Å². The highest BCUT2D eigenvalue weighted by Crippen LogP contribution is 2.09. The zero-order chi connectivity index (χ0) is 14.1. The number of hydrogen-bond donors (Lipinski definition) is 2. The smallest absolute Gasteiger partial charge is 0.222 e. The van der Waals surface area contributed by atoms with Crippen LogP contribution in [0.15, 0.2) is 0 Å². The van der Waals surface area contributed by atoms with E-state index in [1.165, 1.54) is 0 Å². The molecule has 0 bridgehead atoms. The van der Waals surface area contributed by atoms with Gasteiger partial charge >= 0.3 is 0 Å². The molecule has 1 heterocycles. The number of carbonyl (C=O) groups excluding carboxylic acids is 1. The zero-order valence-electron chi connectivity index (χ0n) is 12.1. The molecule has 5 nitrogen and oxygen atoms in total. The fourth-order valence-corrected chi connectivity index (χ4v) is 2.28. The van der Waals surface area contributed by atoms with Crippen molar-refractivity contribution in [2.75, 3.05) is 46.8 Å². The van der Waals surface area contributed by atoms with Crippen LogP contribution in [0.25, 0.3) is 0 Å². The number of thiocarbonyl (C=S) groups is 1. The van der Waals surface area contributed by atoms with Gasteiger partial charge in [0, 0.05) is 32.6 Å². The molecule has 1 rings (SSSR count). The summed E-state index contributed by atoms with van der Waals surface area (Å²) < 4.78 is 0. The van der Waals surface area contributed by atoms with E-state index in [4.69, 9.17) is 12.2 Å². The molecule has 1 aliphatic heterocycles. The summed E-state index contributed by atoms with van der Waals surface area (Å²) in [7, 11) is 4.13. The van der Waals surface area contributed by atoms with Gasteiger partial charge in [-0.15, -0.1) is 0 Å². The summed E-state index contributed by atoms with van der Waals surface area (Å²) in [6.07, 6.45) is 3.76. The molecule has 1 fully saturated rings. The minimum Gasteiger partial charge on any atom is -0.363 e. The molecule has 0 saturated carbocycles. The molecule has 19 heavy (non-hydrogen) atoms. The molecule has 0 aromatic carbocycles. The monoisotopic (exact) mass is 286 g/mol. The Morgan fingerprint density at radius 3 is 2.58 bits per heavy atom. The van der Waals surface area contributed by atoms with Gasteiger partial charge in [0.15, 0.2) is 5.11 Å². The van der Waals surface area contributed by atoms with Gasteiger partial charge in [0.05, 0.1) is 0 Å². The molecule has 110 valence electrons. The first-order valence-electron chi connectivity index (χ1n) is 7.04. The number of carbonyl (C=O) groups is 1. The third kappa shape index (κ3) is 7.32. The lowest BCUT2D eigenvalue weighted by atomic mass is 10.4. The second kappa shape index (κ2) is 9.09. The normalized spacial score (nSPS) is 15.1. The molecule has 0 spiro atoms. The molecule has 0 aliphatic carbocycles. The summed E-state index contributed by atoms with van der Waals surface area (Å²) in [4.78, 5) is 15.5. The topological polar surface area (TPSA) is 47.6 Å².